The second kappa shape index (κ2) is 9.15. The van der Waals surface area contributed by atoms with Gasteiger partial charge in [-0.3, -0.25) is 4.79 Å². The first-order valence-electron chi connectivity index (χ1n) is 10.6. The van der Waals surface area contributed by atoms with Crippen molar-refractivity contribution < 1.29 is 22.4 Å². The standard InChI is InChI=1S/C26H23F4NO/c27-22-10-11-23(24(17-22)26(28,29)30)25(32)31-14-12-19(13-15-31)16-18-6-8-21(9-7-18)20-4-2-1-3-5-20/h1-11,17,19H,12-16H2. The number of likely N-dealkylation sites (tertiary alicyclic amines) is 1. The van der Waals surface area contributed by atoms with Crippen LogP contribution in [0, 0.1) is 11.7 Å². The normalized spacial score (nSPS) is 15.1. The second-order valence-corrected chi connectivity index (χ2v) is 8.19. The highest BCUT2D eigenvalue weighted by Gasteiger charge is 2.37. The van der Waals surface area contributed by atoms with E-state index in [4.69, 9.17) is 0 Å². The third-order valence-corrected chi connectivity index (χ3v) is 6.00. The highest BCUT2D eigenvalue weighted by molar-refractivity contribution is 5.96. The van der Waals surface area contributed by atoms with Crippen molar-refractivity contribution in [3.63, 3.8) is 0 Å². The van der Waals surface area contributed by atoms with Crippen LogP contribution in [0.5, 0.6) is 0 Å². The fourth-order valence-electron chi connectivity index (χ4n) is 4.25. The summed E-state index contributed by atoms with van der Waals surface area (Å²) >= 11 is 0. The van der Waals surface area contributed by atoms with Crippen LogP contribution in [-0.2, 0) is 12.6 Å². The molecule has 1 fully saturated rings. The van der Waals surface area contributed by atoms with Gasteiger partial charge in [0.05, 0.1) is 11.1 Å². The SMILES string of the molecule is O=C(c1ccc(F)cc1C(F)(F)F)N1CCC(Cc2ccc(-c3ccccc3)cc2)CC1. The van der Waals surface area contributed by atoms with Gasteiger partial charge in [-0.15, -0.1) is 0 Å². The first-order chi connectivity index (χ1) is 15.3. The fraction of sp³-hybridized carbons (Fsp3) is 0.269. The molecule has 0 aliphatic carbocycles. The Bertz CT molecular complexity index is 1070. The van der Waals surface area contributed by atoms with E-state index in [-0.39, 0.29) is 0 Å². The Morgan fingerprint density at radius 1 is 0.875 bits per heavy atom. The van der Waals surface area contributed by atoms with E-state index in [0.29, 0.717) is 37.9 Å². The summed E-state index contributed by atoms with van der Waals surface area (Å²) in [5, 5.41) is 0. The Balaban J connectivity index is 1.37. The summed E-state index contributed by atoms with van der Waals surface area (Å²) in [6.45, 7) is 0.778. The van der Waals surface area contributed by atoms with Crippen molar-refractivity contribution in [2.24, 2.45) is 5.92 Å². The van der Waals surface area contributed by atoms with E-state index in [0.717, 1.165) is 29.7 Å². The van der Waals surface area contributed by atoms with Crippen LogP contribution in [0.4, 0.5) is 17.6 Å². The highest BCUT2D eigenvalue weighted by Crippen LogP contribution is 2.34. The summed E-state index contributed by atoms with van der Waals surface area (Å²) in [5.41, 5.74) is 1.80. The van der Waals surface area contributed by atoms with Crippen molar-refractivity contribution >= 4 is 5.91 Å². The van der Waals surface area contributed by atoms with Gasteiger partial charge in [-0.05, 0) is 60.1 Å². The number of hydrogen-bond acceptors (Lipinski definition) is 1. The number of alkyl halides is 3. The van der Waals surface area contributed by atoms with Crippen molar-refractivity contribution in [1.29, 1.82) is 0 Å². The predicted octanol–water partition coefficient (Wildman–Crippen LogP) is 6.61. The van der Waals surface area contributed by atoms with E-state index in [1.807, 2.05) is 18.2 Å². The first-order valence-corrected chi connectivity index (χ1v) is 10.6. The molecule has 1 saturated heterocycles. The van der Waals surface area contributed by atoms with Gasteiger partial charge >= 0.3 is 6.18 Å². The Kier molecular flexibility index (Phi) is 6.31. The minimum Gasteiger partial charge on any atom is -0.339 e. The van der Waals surface area contributed by atoms with Crippen molar-refractivity contribution in [1.82, 2.24) is 4.90 Å². The summed E-state index contributed by atoms with van der Waals surface area (Å²) in [5.74, 6) is -1.34. The van der Waals surface area contributed by atoms with E-state index in [1.165, 1.54) is 10.5 Å². The lowest BCUT2D eigenvalue weighted by Gasteiger charge is -2.32. The third kappa shape index (κ3) is 5.01. The number of halogens is 4. The lowest BCUT2D eigenvalue weighted by molar-refractivity contribution is -0.138. The summed E-state index contributed by atoms with van der Waals surface area (Å²) in [6.07, 6.45) is -2.48. The Hall–Kier alpha value is -3.15. The number of piperidine rings is 1. The largest absolute Gasteiger partial charge is 0.417 e. The number of carbonyl (C=O) groups excluding carboxylic acids is 1. The average Bonchev–Trinajstić information content (AvgIpc) is 2.80. The van der Waals surface area contributed by atoms with Crippen LogP contribution in [0.3, 0.4) is 0 Å². The molecule has 0 spiro atoms. The molecule has 0 bridgehead atoms. The average molecular weight is 441 g/mol. The summed E-state index contributed by atoms with van der Waals surface area (Å²) in [4.78, 5) is 14.2. The number of amides is 1. The molecule has 3 aromatic rings. The molecule has 32 heavy (non-hydrogen) atoms. The molecule has 4 rings (SSSR count). The van der Waals surface area contributed by atoms with Crippen LogP contribution < -0.4 is 0 Å². The zero-order valence-corrected chi connectivity index (χ0v) is 17.4. The molecule has 0 saturated carbocycles. The molecule has 6 heteroatoms. The maximum Gasteiger partial charge on any atom is 0.417 e. The van der Waals surface area contributed by atoms with Crippen LogP contribution >= 0.6 is 0 Å². The number of carbonyl (C=O) groups is 1. The van der Waals surface area contributed by atoms with Crippen LogP contribution in [0.1, 0.15) is 34.3 Å². The van der Waals surface area contributed by atoms with Crippen molar-refractivity contribution in [2.45, 2.75) is 25.4 Å². The molecule has 0 radical (unpaired) electrons. The number of nitrogens with zero attached hydrogens (tertiary/aromatic N) is 1. The van der Waals surface area contributed by atoms with Crippen molar-refractivity contribution in [2.75, 3.05) is 13.1 Å². The molecule has 0 aromatic heterocycles. The molecular weight excluding hydrogens is 418 g/mol. The van der Waals surface area contributed by atoms with Gasteiger partial charge in [-0.25, -0.2) is 4.39 Å². The lowest BCUT2D eigenvalue weighted by atomic mass is 9.89. The van der Waals surface area contributed by atoms with E-state index >= 15 is 0 Å². The quantitative estimate of drug-likeness (QED) is 0.418. The zero-order valence-electron chi connectivity index (χ0n) is 17.4. The van der Waals surface area contributed by atoms with E-state index in [9.17, 15) is 22.4 Å². The van der Waals surface area contributed by atoms with Gasteiger partial charge < -0.3 is 4.90 Å². The number of rotatable bonds is 4. The molecule has 3 aromatic carbocycles. The molecular formula is C26H23F4NO. The molecule has 0 atom stereocenters. The van der Waals surface area contributed by atoms with E-state index in [1.54, 1.807) is 0 Å². The van der Waals surface area contributed by atoms with Gasteiger partial charge in [-0.2, -0.15) is 13.2 Å². The fourth-order valence-corrected chi connectivity index (χ4v) is 4.25. The Morgan fingerprint density at radius 2 is 1.50 bits per heavy atom. The molecule has 166 valence electrons. The summed E-state index contributed by atoms with van der Waals surface area (Å²) in [7, 11) is 0. The predicted molar refractivity (Wildman–Crippen MR) is 116 cm³/mol. The summed E-state index contributed by atoms with van der Waals surface area (Å²) in [6, 6.07) is 20.7. The van der Waals surface area contributed by atoms with Gasteiger partial charge in [0, 0.05) is 13.1 Å². The maximum absolute atomic E-state index is 13.3. The third-order valence-electron chi connectivity index (χ3n) is 6.00. The second-order valence-electron chi connectivity index (χ2n) is 8.19. The zero-order chi connectivity index (χ0) is 22.7. The van der Waals surface area contributed by atoms with Crippen LogP contribution in [0.2, 0.25) is 0 Å². The molecule has 2 nitrogen and oxygen atoms in total. The first kappa shape index (κ1) is 22.1. The van der Waals surface area contributed by atoms with Crippen molar-refractivity contribution in [3.8, 4) is 11.1 Å². The van der Waals surface area contributed by atoms with E-state index in [2.05, 4.69) is 36.4 Å². The minimum absolute atomic E-state index is 0.358. The van der Waals surface area contributed by atoms with Gasteiger partial charge in [-0.1, -0.05) is 54.6 Å². The van der Waals surface area contributed by atoms with Gasteiger partial charge in [0.2, 0.25) is 0 Å². The molecule has 1 heterocycles. The maximum atomic E-state index is 13.3. The van der Waals surface area contributed by atoms with Gasteiger partial charge in [0.1, 0.15) is 5.82 Å². The van der Waals surface area contributed by atoms with Crippen LogP contribution in [-0.4, -0.2) is 23.9 Å². The number of benzene rings is 3. The van der Waals surface area contributed by atoms with E-state index < -0.39 is 29.0 Å². The smallest absolute Gasteiger partial charge is 0.339 e. The lowest BCUT2D eigenvalue weighted by Crippen LogP contribution is -2.39. The minimum atomic E-state index is -4.78. The molecule has 1 amide bonds. The van der Waals surface area contributed by atoms with Gasteiger partial charge in [0.25, 0.3) is 5.91 Å². The number of hydrogen-bond donors (Lipinski definition) is 0. The topological polar surface area (TPSA) is 20.3 Å². The van der Waals surface area contributed by atoms with Crippen LogP contribution in [0.25, 0.3) is 11.1 Å². The Morgan fingerprint density at radius 3 is 2.12 bits per heavy atom. The van der Waals surface area contributed by atoms with Gasteiger partial charge in [0.15, 0.2) is 0 Å². The van der Waals surface area contributed by atoms with Crippen LogP contribution in [0.15, 0.2) is 72.8 Å². The molecule has 1 aliphatic heterocycles. The molecule has 0 unspecified atom stereocenters. The highest BCUT2D eigenvalue weighted by atomic mass is 19.4. The van der Waals surface area contributed by atoms with Crippen molar-refractivity contribution in [3.05, 3.63) is 95.3 Å². The molecule has 0 N–H and O–H groups in total. The Labute approximate surface area is 184 Å². The summed E-state index contributed by atoms with van der Waals surface area (Å²) < 4.78 is 53.1. The molecule has 1 aliphatic rings. The monoisotopic (exact) mass is 441 g/mol.